The predicted octanol–water partition coefficient (Wildman–Crippen LogP) is 2.80. The lowest BCUT2D eigenvalue weighted by molar-refractivity contribution is -0.0657. The zero-order chi connectivity index (χ0) is 12.3. The largest absolute Gasteiger partial charge is 0.379 e. The second-order valence-corrected chi connectivity index (χ2v) is 5.90. The molecule has 3 heteroatoms. The molecule has 2 nitrogen and oxygen atoms in total. The molecule has 1 heterocycles. The van der Waals surface area contributed by atoms with E-state index in [4.69, 9.17) is 10.5 Å². The summed E-state index contributed by atoms with van der Waals surface area (Å²) in [6, 6.07) is 9.17. The maximum atomic E-state index is 5.86. The molecule has 2 N–H and O–H groups in total. The van der Waals surface area contributed by atoms with Gasteiger partial charge in [0.15, 0.2) is 0 Å². The molecule has 0 bridgehead atoms. The van der Waals surface area contributed by atoms with E-state index in [0.29, 0.717) is 0 Å². The van der Waals surface area contributed by atoms with E-state index >= 15 is 0 Å². The molecule has 17 heavy (non-hydrogen) atoms. The van der Waals surface area contributed by atoms with Crippen molar-refractivity contribution in [3.8, 4) is 0 Å². The third kappa shape index (κ3) is 2.84. The summed E-state index contributed by atoms with van der Waals surface area (Å²) >= 11 is 1.78. The minimum Gasteiger partial charge on any atom is -0.379 e. The Balaban J connectivity index is 2.10. The highest BCUT2D eigenvalue weighted by Gasteiger charge is 2.39. The number of thioether (sulfide) groups is 1. The zero-order valence-corrected chi connectivity index (χ0v) is 11.4. The maximum absolute atomic E-state index is 5.86. The highest BCUT2D eigenvalue weighted by Crippen LogP contribution is 2.37. The topological polar surface area (TPSA) is 35.2 Å². The molecule has 1 unspecified atom stereocenters. The highest BCUT2D eigenvalue weighted by molar-refractivity contribution is 7.98. The molecular weight excluding hydrogens is 230 g/mol. The molecule has 1 aliphatic rings. The normalized spacial score (nSPS) is 19.7. The number of rotatable bonds is 5. The van der Waals surface area contributed by atoms with Gasteiger partial charge in [0.25, 0.3) is 0 Å². The Morgan fingerprint density at radius 3 is 2.41 bits per heavy atom. The highest BCUT2D eigenvalue weighted by atomic mass is 32.2. The number of nitrogens with two attached hydrogens (primary N) is 1. The maximum Gasteiger partial charge on any atom is 0.0585 e. The fourth-order valence-electron chi connectivity index (χ4n) is 2.25. The summed E-state index contributed by atoms with van der Waals surface area (Å²) in [5.41, 5.74) is 7.49. The second-order valence-electron chi connectivity index (χ2n) is 5.02. The van der Waals surface area contributed by atoms with Gasteiger partial charge in [-0.1, -0.05) is 12.1 Å². The Morgan fingerprint density at radius 2 is 2.00 bits per heavy atom. The van der Waals surface area contributed by atoms with Crippen LogP contribution in [0.3, 0.4) is 0 Å². The SMILES string of the molecule is CSc1ccc(C2(CCC(C)N)COC2)cc1. The van der Waals surface area contributed by atoms with Gasteiger partial charge in [-0.05, 0) is 43.7 Å². The average molecular weight is 251 g/mol. The first kappa shape index (κ1) is 12.9. The molecule has 0 amide bonds. The van der Waals surface area contributed by atoms with Crippen molar-refractivity contribution in [3.05, 3.63) is 29.8 Å². The minimum absolute atomic E-state index is 0.227. The summed E-state index contributed by atoms with van der Waals surface area (Å²) in [6.45, 7) is 3.76. The fourth-order valence-corrected chi connectivity index (χ4v) is 2.66. The summed E-state index contributed by atoms with van der Waals surface area (Å²) in [6.07, 6.45) is 4.30. The van der Waals surface area contributed by atoms with Gasteiger partial charge < -0.3 is 10.5 Å². The van der Waals surface area contributed by atoms with Gasteiger partial charge in [-0.15, -0.1) is 11.8 Å². The van der Waals surface area contributed by atoms with Crippen molar-refractivity contribution in [2.45, 2.75) is 36.1 Å². The quantitative estimate of drug-likeness (QED) is 0.817. The molecule has 0 aliphatic carbocycles. The van der Waals surface area contributed by atoms with Crippen molar-refractivity contribution in [1.82, 2.24) is 0 Å². The van der Waals surface area contributed by atoms with Crippen LogP contribution in [0.15, 0.2) is 29.2 Å². The molecule has 94 valence electrons. The summed E-state index contributed by atoms with van der Waals surface area (Å²) in [5.74, 6) is 0. The molecule has 1 atom stereocenters. The van der Waals surface area contributed by atoms with Gasteiger partial charge in [-0.3, -0.25) is 0 Å². The monoisotopic (exact) mass is 251 g/mol. The molecule has 0 radical (unpaired) electrons. The van der Waals surface area contributed by atoms with Crippen molar-refractivity contribution >= 4 is 11.8 Å². The van der Waals surface area contributed by atoms with Gasteiger partial charge >= 0.3 is 0 Å². The van der Waals surface area contributed by atoms with Crippen LogP contribution in [0.25, 0.3) is 0 Å². The molecule has 1 aliphatic heterocycles. The van der Waals surface area contributed by atoms with Crippen LogP contribution in [0, 0.1) is 0 Å². The van der Waals surface area contributed by atoms with E-state index < -0.39 is 0 Å². The smallest absolute Gasteiger partial charge is 0.0585 e. The molecular formula is C14H21NOS. The van der Waals surface area contributed by atoms with E-state index in [-0.39, 0.29) is 11.5 Å². The van der Waals surface area contributed by atoms with Crippen molar-refractivity contribution < 1.29 is 4.74 Å². The van der Waals surface area contributed by atoms with Crippen LogP contribution >= 0.6 is 11.8 Å². The third-order valence-electron chi connectivity index (χ3n) is 3.54. The van der Waals surface area contributed by atoms with Crippen LogP contribution in [0.5, 0.6) is 0 Å². The lowest BCUT2D eigenvalue weighted by Crippen LogP contribution is -2.47. The molecule has 2 rings (SSSR count). The van der Waals surface area contributed by atoms with Crippen LogP contribution < -0.4 is 5.73 Å². The van der Waals surface area contributed by atoms with Crippen molar-refractivity contribution in [3.63, 3.8) is 0 Å². The number of hydrogen-bond donors (Lipinski definition) is 1. The van der Waals surface area contributed by atoms with Crippen LogP contribution in [-0.4, -0.2) is 25.5 Å². The van der Waals surface area contributed by atoms with Crippen LogP contribution in [0.2, 0.25) is 0 Å². The number of ether oxygens (including phenoxy) is 1. The second kappa shape index (κ2) is 5.42. The first-order chi connectivity index (χ1) is 8.16. The van der Waals surface area contributed by atoms with Gasteiger partial charge in [-0.25, -0.2) is 0 Å². The summed E-state index contributed by atoms with van der Waals surface area (Å²) < 4.78 is 5.44. The lowest BCUT2D eigenvalue weighted by Gasteiger charge is -2.42. The first-order valence-electron chi connectivity index (χ1n) is 6.14. The Bertz CT molecular complexity index is 357. The molecule has 0 spiro atoms. The van der Waals surface area contributed by atoms with E-state index in [1.54, 1.807) is 11.8 Å². The summed E-state index contributed by atoms with van der Waals surface area (Å²) in [7, 11) is 0. The number of hydrogen-bond acceptors (Lipinski definition) is 3. The van der Waals surface area contributed by atoms with Crippen molar-refractivity contribution in [1.29, 1.82) is 0 Å². The van der Waals surface area contributed by atoms with Crippen molar-refractivity contribution in [2.75, 3.05) is 19.5 Å². The summed E-state index contributed by atoms with van der Waals surface area (Å²) in [5, 5.41) is 0. The van der Waals surface area contributed by atoms with Gasteiger partial charge in [0.2, 0.25) is 0 Å². The standard InChI is InChI=1S/C14H21NOS/c1-11(15)7-8-14(9-16-10-14)12-3-5-13(17-2)6-4-12/h3-6,11H,7-10,15H2,1-2H3. The first-order valence-corrected chi connectivity index (χ1v) is 7.37. The Kier molecular flexibility index (Phi) is 4.13. The number of benzene rings is 1. The minimum atomic E-state index is 0.227. The lowest BCUT2D eigenvalue weighted by atomic mass is 9.74. The van der Waals surface area contributed by atoms with Crippen molar-refractivity contribution in [2.24, 2.45) is 5.73 Å². The summed E-state index contributed by atoms with van der Waals surface area (Å²) in [4.78, 5) is 1.32. The molecule has 0 aromatic heterocycles. The van der Waals surface area contributed by atoms with E-state index in [0.717, 1.165) is 26.1 Å². The molecule has 1 aromatic rings. The van der Waals surface area contributed by atoms with E-state index in [1.807, 2.05) is 0 Å². The molecule has 1 fully saturated rings. The molecule has 1 aromatic carbocycles. The van der Waals surface area contributed by atoms with Crippen LogP contribution in [0.4, 0.5) is 0 Å². The Hall–Kier alpha value is -0.510. The van der Waals surface area contributed by atoms with E-state index in [9.17, 15) is 0 Å². The van der Waals surface area contributed by atoms with Gasteiger partial charge in [0, 0.05) is 16.4 Å². The van der Waals surface area contributed by atoms with E-state index in [1.165, 1.54) is 10.5 Å². The van der Waals surface area contributed by atoms with Crippen LogP contribution in [-0.2, 0) is 10.2 Å². The van der Waals surface area contributed by atoms with Gasteiger partial charge in [0.05, 0.1) is 13.2 Å². The zero-order valence-electron chi connectivity index (χ0n) is 10.6. The van der Waals surface area contributed by atoms with E-state index in [2.05, 4.69) is 37.4 Å². The third-order valence-corrected chi connectivity index (χ3v) is 4.28. The molecule has 0 saturated carbocycles. The molecule has 1 saturated heterocycles. The fraction of sp³-hybridized carbons (Fsp3) is 0.571. The average Bonchev–Trinajstić information content (AvgIpc) is 2.28. The van der Waals surface area contributed by atoms with Gasteiger partial charge in [-0.2, -0.15) is 0 Å². The predicted molar refractivity (Wildman–Crippen MR) is 73.6 cm³/mol. The Morgan fingerprint density at radius 1 is 1.35 bits per heavy atom. The Labute approximate surface area is 108 Å². The van der Waals surface area contributed by atoms with Crippen LogP contribution in [0.1, 0.15) is 25.3 Å². The van der Waals surface area contributed by atoms with Gasteiger partial charge in [0.1, 0.15) is 0 Å².